The van der Waals surface area contributed by atoms with Crippen molar-refractivity contribution in [2.45, 2.75) is 45.7 Å². The summed E-state index contributed by atoms with van der Waals surface area (Å²) in [5, 5.41) is 2.89. The van der Waals surface area contributed by atoms with Crippen LogP contribution in [0.2, 0.25) is 0 Å². The van der Waals surface area contributed by atoms with E-state index in [2.05, 4.69) is 5.32 Å². The molecule has 0 heterocycles. The number of rotatable bonds is 6. The van der Waals surface area contributed by atoms with Gasteiger partial charge >= 0.3 is 0 Å². The highest BCUT2D eigenvalue weighted by molar-refractivity contribution is 7.88. The number of hydrogen-bond acceptors (Lipinski definition) is 3. The van der Waals surface area contributed by atoms with Gasteiger partial charge in [0.1, 0.15) is 0 Å². The van der Waals surface area contributed by atoms with Crippen LogP contribution >= 0.6 is 0 Å². The molecule has 0 aliphatic carbocycles. The van der Waals surface area contributed by atoms with E-state index < -0.39 is 15.6 Å². The van der Waals surface area contributed by atoms with Gasteiger partial charge in [-0.05, 0) is 33.3 Å². The minimum atomic E-state index is -3.35. The summed E-state index contributed by atoms with van der Waals surface area (Å²) in [5.74, 6) is -0.158. The van der Waals surface area contributed by atoms with E-state index in [4.69, 9.17) is 0 Å². The second kappa shape index (κ2) is 7.24. The second-order valence-corrected chi connectivity index (χ2v) is 8.36. The Kier molecular flexibility index (Phi) is 6.14. The number of hydrogen-bond donors (Lipinski definition) is 1. The summed E-state index contributed by atoms with van der Waals surface area (Å²) < 4.78 is 25.0. The lowest BCUT2D eigenvalue weighted by Gasteiger charge is -2.33. The van der Waals surface area contributed by atoms with Crippen molar-refractivity contribution in [1.82, 2.24) is 9.62 Å². The van der Waals surface area contributed by atoms with E-state index in [-0.39, 0.29) is 24.9 Å². The first-order valence-electron chi connectivity index (χ1n) is 7.34. The second-order valence-electron chi connectivity index (χ2n) is 6.46. The van der Waals surface area contributed by atoms with Crippen molar-refractivity contribution in [2.24, 2.45) is 0 Å². The fourth-order valence-corrected chi connectivity index (χ4v) is 3.76. The molecule has 1 N–H and O–H groups in total. The van der Waals surface area contributed by atoms with E-state index >= 15 is 0 Å². The fraction of sp³-hybridized carbons (Fsp3) is 0.562. The monoisotopic (exact) mass is 326 g/mol. The molecule has 0 radical (unpaired) electrons. The summed E-state index contributed by atoms with van der Waals surface area (Å²) >= 11 is 0. The molecule has 0 fully saturated rings. The number of nitrogens with one attached hydrogen (secondary N) is 1. The molecule has 6 heteroatoms. The van der Waals surface area contributed by atoms with Gasteiger partial charge in [0, 0.05) is 18.5 Å². The van der Waals surface area contributed by atoms with Gasteiger partial charge in [-0.2, -0.15) is 4.31 Å². The van der Waals surface area contributed by atoms with E-state index in [1.165, 1.54) is 10.6 Å². The van der Waals surface area contributed by atoms with Crippen LogP contribution in [0.3, 0.4) is 0 Å². The molecule has 0 bridgehead atoms. The third-order valence-electron chi connectivity index (χ3n) is 3.37. The number of sulfonamides is 1. The maximum absolute atomic E-state index is 12.1. The highest BCUT2D eigenvalue weighted by Gasteiger charge is 2.29. The van der Waals surface area contributed by atoms with Crippen LogP contribution in [-0.4, -0.2) is 37.0 Å². The first-order valence-corrected chi connectivity index (χ1v) is 9.19. The van der Waals surface area contributed by atoms with Crippen LogP contribution in [-0.2, 0) is 14.8 Å². The topological polar surface area (TPSA) is 66.5 Å². The van der Waals surface area contributed by atoms with Crippen LogP contribution in [0.4, 0.5) is 0 Å². The quantitative estimate of drug-likeness (QED) is 0.872. The molecule has 0 saturated heterocycles. The molecule has 5 nitrogen and oxygen atoms in total. The van der Waals surface area contributed by atoms with E-state index in [1.807, 2.05) is 58.0 Å². The minimum absolute atomic E-state index is 0.102. The van der Waals surface area contributed by atoms with Crippen LogP contribution in [0, 0.1) is 0 Å². The predicted octanol–water partition coefficient (Wildman–Crippen LogP) is 2.31. The third kappa shape index (κ3) is 5.77. The van der Waals surface area contributed by atoms with E-state index in [1.54, 1.807) is 0 Å². The van der Waals surface area contributed by atoms with Crippen LogP contribution in [0.15, 0.2) is 30.3 Å². The van der Waals surface area contributed by atoms with Crippen molar-refractivity contribution in [3.8, 4) is 0 Å². The highest BCUT2D eigenvalue weighted by atomic mass is 32.2. The van der Waals surface area contributed by atoms with Crippen molar-refractivity contribution >= 4 is 15.9 Å². The molecule has 1 unspecified atom stereocenters. The molecular weight excluding hydrogens is 300 g/mol. The zero-order chi connectivity index (χ0) is 17.0. The van der Waals surface area contributed by atoms with Crippen LogP contribution < -0.4 is 5.32 Å². The van der Waals surface area contributed by atoms with Crippen molar-refractivity contribution in [3.05, 3.63) is 35.9 Å². The van der Waals surface area contributed by atoms with Gasteiger partial charge in [-0.1, -0.05) is 30.3 Å². The summed E-state index contributed by atoms with van der Waals surface area (Å²) in [6.45, 7) is 7.54. The normalized spacial score (nSPS) is 13.9. The number of carbonyl (C=O) groups is 1. The van der Waals surface area contributed by atoms with Crippen LogP contribution in [0.1, 0.15) is 45.7 Å². The molecular formula is C16H26N2O3S. The molecule has 22 heavy (non-hydrogen) atoms. The van der Waals surface area contributed by atoms with E-state index in [0.717, 1.165) is 5.56 Å². The lowest BCUT2D eigenvalue weighted by atomic mass is 10.1. The Labute approximate surface area is 133 Å². The molecule has 1 amide bonds. The van der Waals surface area contributed by atoms with Gasteiger partial charge in [-0.25, -0.2) is 8.42 Å². The summed E-state index contributed by atoms with van der Waals surface area (Å²) in [7, 11) is -3.35. The molecule has 124 valence electrons. The molecule has 1 rings (SSSR count). The van der Waals surface area contributed by atoms with Gasteiger partial charge in [0.2, 0.25) is 15.9 Å². The number of amides is 1. The van der Waals surface area contributed by atoms with Crippen molar-refractivity contribution < 1.29 is 13.2 Å². The summed E-state index contributed by atoms with van der Waals surface area (Å²) in [6.07, 6.45) is 1.31. The zero-order valence-electron chi connectivity index (χ0n) is 14.0. The molecule has 1 atom stereocenters. The number of nitrogens with zero attached hydrogens (tertiary/aromatic N) is 1. The molecule has 0 aliphatic heterocycles. The van der Waals surface area contributed by atoms with Gasteiger partial charge < -0.3 is 5.32 Å². The maximum Gasteiger partial charge on any atom is 0.221 e. The van der Waals surface area contributed by atoms with Gasteiger partial charge in [-0.3, -0.25) is 4.79 Å². The Bertz CT molecular complexity index is 592. The molecule has 1 aromatic rings. The van der Waals surface area contributed by atoms with Gasteiger partial charge in [0.05, 0.1) is 12.3 Å². The molecule has 1 aromatic carbocycles. The summed E-state index contributed by atoms with van der Waals surface area (Å²) in [5.41, 5.74) is 0.477. The SMILES string of the molecule is CC(NC(=O)CCN(C(C)(C)C)S(C)(=O)=O)c1ccccc1. The first kappa shape index (κ1) is 18.6. The highest BCUT2D eigenvalue weighted by Crippen LogP contribution is 2.18. The summed E-state index contributed by atoms with van der Waals surface area (Å²) in [6, 6.07) is 9.55. The lowest BCUT2D eigenvalue weighted by Crippen LogP contribution is -2.46. The largest absolute Gasteiger partial charge is 0.350 e. The predicted molar refractivity (Wildman–Crippen MR) is 88.9 cm³/mol. The van der Waals surface area contributed by atoms with E-state index in [0.29, 0.717) is 0 Å². The standard InChI is InChI=1S/C16H26N2O3S/c1-13(14-9-7-6-8-10-14)17-15(19)11-12-18(16(2,3)4)22(5,20)21/h6-10,13H,11-12H2,1-5H3,(H,17,19). The Balaban J connectivity index is 2.62. The Morgan fingerprint density at radius 1 is 1.23 bits per heavy atom. The Morgan fingerprint density at radius 3 is 2.23 bits per heavy atom. The smallest absolute Gasteiger partial charge is 0.221 e. The Hall–Kier alpha value is -1.40. The Morgan fingerprint density at radius 2 is 1.77 bits per heavy atom. The van der Waals surface area contributed by atoms with Gasteiger partial charge in [0.25, 0.3) is 0 Å². The lowest BCUT2D eigenvalue weighted by molar-refractivity contribution is -0.121. The fourth-order valence-electron chi connectivity index (χ4n) is 2.34. The third-order valence-corrected chi connectivity index (χ3v) is 4.90. The first-order chi connectivity index (χ1) is 10.0. The van der Waals surface area contributed by atoms with Gasteiger partial charge in [0.15, 0.2) is 0 Å². The average molecular weight is 326 g/mol. The van der Waals surface area contributed by atoms with Crippen LogP contribution in [0.25, 0.3) is 0 Å². The average Bonchev–Trinajstić information content (AvgIpc) is 2.36. The minimum Gasteiger partial charge on any atom is -0.350 e. The number of carbonyl (C=O) groups excluding carboxylic acids is 1. The number of benzene rings is 1. The molecule has 0 spiro atoms. The van der Waals surface area contributed by atoms with E-state index in [9.17, 15) is 13.2 Å². The van der Waals surface area contributed by atoms with Crippen LogP contribution in [0.5, 0.6) is 0 Å². The van der Waals surface area contributed by atoms with Crippen molar-refractivity contribution in [2.75, 3.05) is 12.8 Å². The maximum atomic E-state index is 12.1. The van der Waals surface area contributed by atoms with Crippen molar-refractivity contribution in [3.63, 3.8) is 0 Å². The molecule has 0 aromatic heterocycles. The van der Waals surface area contributed by atoms with Crippen molar-refractivity contribution in [1.29, 1.82) is 0 Å². The van der Waals surface area contributed by atoms with Gasteiger partial charge in [-0.15, -0.1) is 0 Å². The summed E-state index contributed by atoms with van der Waals surface area (Å²) in [4.78, 5) is 12.1. The molecule has 0 aliphatic rings. The molecule has 0 saturated carbocycles. The zero-order valence-corrected chi connectivity index (χ0v) is 14.8.